The van der Waals surface area contributed by atoms with Gasteiger partial charge in [0.25, 0.3) is 0 Å². The van der Waals surface area contributed by atoms with Gasteiger partial charge in [-0.25, -0.2) is 13.1 Å². The molecular formula is C11H15BrN2O2S. The van der Waals surface area contributed by atoms with Gasteiger partial charge in [0.15, 0.2) is 0 Å². The summed E-state index contributed by atoms with van der Waals surface area (Å²) in [5, 5.41) is 0. The summed E-state index contributed by atoms with van der Waals surface area (Å²) in [6, 6.07) is 4.70. The number of rotatable bonds is 3. The van der Waals surface area contributed by atoms with Gasteiger partial charge in [0, 0.05) is 15.7 Å². The molecule has 17 heavy (non-hydrogen) atoms. The van der Waals surface area contributed by atoms with Crippen LogP contribution >= 0.6 is 15.9 Å². The van der Waals surface area contributed by atoms with Gasteiger partial charge in [0.05, 0.1) is 4.90 Å². The molecule has 0 unspecified atom stereocenters. The molecule has 1 aliphatic carbocycles. The summed E-state index contributed by atoms with van der Waals surface area (Å²) in [7, 11) is -3.48. The van der Waals surface area contributed by atoms with Gasteiger partial charge in [-0.3, -0.25) is 0 Å². The van der Waals surface area contributed by atoms with E-state index in [1.807, 2.05) is 6.92 Å². The van der Waals surface area contributed by atoms with E-state index in [1.54, 1.807) is 12.1 Å². The Labute approximate surface area is 110 Å². The summed E-state index contributed by atoms with van der Waals surface area (Å²) in [6.07, 6.45) is 2.85. The molecule has 3 N–H and O–H groups in total. The zero-order valence-corrected chi connectivity index (χ0v) is 11.9. The molecule has 4 nitrogen and oxygen atoms in total. The lowest BCUT2D eigenvalue weighted by Crippen LogP contribution is -2.50. The van der Waals surface area contributed by atoms with E-state index in [9.17, 15) is 8.42 Å². The highest BCUT2D eigenvalue weighted by molar-refractivity contribution is 9.10. The smallest absolute Gasteiger partial charge is 0.242 e. The van der Waals surface area contributed by atoms with Gasteiger partial charge in [0.1, 0.15) is 0 Å². The van der Waals surface area contributed by atoms with E-state index in [0.29, 0.717) is 10.2 Å². The summed E-state index contributed by atoms with van der Waals surface area (Å²) in [4.78, 5) is 0.236. The molecular weight excluding hydrogens is 304 g/mol. The second-order valence-electron chi connectivity index (χ2n) is 4.71. The first-order valence-corrected chi connectivity index (χ1v) is 7.69. The highest BCUT2D eigenvalue weighted by atomic mass is 79.9. The molecule has 6 heteroatoms. The highest BCUT2D eigenvalue weighted by Gasteiger charge is 2.36. The number of nitrogens with one attached hydrogen (secondary N) is 1. The van der Waals surface area contributed by atoms with E-state index in [0.717, 1.165) is 19.3 Å². The van der Waals surface area contributed by atoms with Gasteiger partial charge in [-0.05, 0) is 60.3 Å². The summed E-state index contributed by atoms with van der Waals surface area (Å²) < 4.78 is 27.6. The topological polar surface area (TPSA) is 72.2 Å². The lowest BCUT2D eigenvalue weighted by atomic mass is 9.80. The van der Waals surface area contributed by atoms with Crippen LogP contribution in [-0.2, 0) is 10.0 Å². The molecule has 2 rings (SSSR count). The predicted octanol–water partition coefficient (Wildman–Crippen LogP) is 2.25. The molecule has 1 aromatic rings. The van der Waals surface area contributed by atoms with Gasteiger partial charge in [-0.15, -0.1) is 0 Å². The maximum absolute atomic E-state index is 12.2. The van der Waals surface area contributed by atoms with Crippen LogP contribution in [0.3, 0.4) is 0 Å². The molecule has 0 heterocycles. The quantitative estimate of drug-likeness (QED) is 0.840. The third-order valence-corrected chi connectivity index (χ3v) is 5.70. The molecule has 0 saturated heterocycles. The van der Waals surface area contributed by atoms with Gasteiger partial charge in [0.2, 0.25) is 10.0 Å². The number of sulfonamides is 1. The minimum Gasteiger partial charge on any atom is -0.399 e. The van der Waals surface area contributed by atoms with E-state index in [2.05, 4.69) is 20.7 Å². The Kier molecular flexibility index (Phi) is 3.22. The number of hydrogen-bond acceptors (Lipinski definition) is 3. The van der Waals surface area contributed by atoms with Crippen molar-refractivity contribution in [2.24, 2.45) is 0 Å². The molecule has 1 saturated carbocycles. The van der Waals surface area contributed by atoms with Crippen molar-refractivity contribution >= 4 is 31.6 Å². The highest BCUT2D eigenvalue weighted by Crippen LogP contribution is 2.34. The average molecular weight is 319 g/mol. The van der Waals surface area contributed by atoms with Crippen molar-refractivity contribution < 1.29 is 8.42 Å². The maximum Gasteiger partial charge on any atom is 0.242 e. The minimum atomic E-state index is -3.48. The standard InChI is InChI=1S/C11H15BrN2O2S/c1-11(5-2-6-11)14-17(15,16)10-4-3-8(13)7-9(10)12/h3-4,7,14H,2,5-6,13H2,1H3. The van der Waals surface area contributed by atoms with Crippen molar-refractivity contribution in [3.63, 3.8) is 0 Å². The Balaban J connectivity index is 2.31. The van der Waals surface area contributed by atoms with E-state index in [-0.39, 0.29) is 10.4 Å². The van der Waals surface area contributed by atoms with E-state index < -0.39 is 10.0 Å². The number of anilines is 1. The van der Waals surface area contributed by atoms with Gasteiger partial charge >= 0.3 is 0 Å². The number of hydrogen-bond donors (Lipinski definition) is 2. The molecule has 1 aromatic carbocycles. The Morgan fingerprint density at radius 3 is 2.53 bits per heavy atom. The first-order chi connectivity index (χ1) is 7.82. The molecule has 94 valence electrons. The van der Waals surface area contributed by atoms with Crippen LogP contribution in [0.15, 0.2) is 27.6 Å². The maximum atomic E-state index is 12.2. The van der Waals surface area contributed by atoms with Gasteiger partial charge < -0.3 is 5.73 Å². The van der Waals surface area contributed by atoms with Crippen molar-refractivity contribution in [3.8, 4) is 0 Å². The van der Waals surface area contributed by atoms with Crippen molar-refractivity contribution in [2.75, 3.05) is 5.73 Å². The first kappa shape index (κ1) is 12.9. The van der Waals surface area contributed by atoms with E-state index in [1.165, 1.54) is 6.07 Å². The lowest BCUT2D eigenvalue weighted by molar-refractivity contribution is 0.248. The van der Waals surface area contributed by atoms with Crippen LogP contribution in [0.25, 0.3) is 0 Å². The molecule has 0 amide bonds. The molecule has 0 aliphatic heterocycles. The zero-order chi connectivity index (χ0) is 12.7. The van der Waals surface area contributed by atoms with Crippen LogP contribution in [0.4, 0.5) is 5.69 Å². The predicted molar refractivity (Wildman–Crippen MR) is 71.1 cm³/mol. The average Bonchev–Trinajstić information content (AvgIpc) is 2.13. The molecule has 0 bridgehead atoms. The van der Waals surface area contributed by atoms with Crippen LogP contribution in [0.1, 0.15) is 26.2 Å². The summed E-state index contributed by atoms with van der Waals surface area (Å²) in [5.74, 6) is 0. The molecule has 0 radical (unpaired) electrons. The molecule has 0 aromatic heterocycles. The third-order valence-electron chi connectivity index (χ3n) is 3.08. The van der Waals surface area contributed by atoms with Gasteiger partial charge in [-0.2, -0.15) is 0 Å². The number of nitrogen functional groups attached to an aromatic ring is 1. The monoisotopic (exact) mass is 318 g/mol. The van der Waals surface area contributed by atoms with Gasteiger partial charge in [-0.1, -0.05) is 0 Å². The Hall–Kier alpha value is -0.590. The van der Waals surface area contributed by atoms with Crippen LogP contribution in [0, 0.1) is 0 Å². The van der Waals surface area contributed by atoms with Crippen LogP contribution in [0.5, 0.6) is 0 Å². The molecule has 0 atom stereocenters. The zero-order valence-electron chi connectivity index (χ0n) is 9.53. The fourth-order valence-electron chi connectivity index (χ4n) is 1.92. The normalized spacial score (nSPS) is 18.7. The summed E-state index contributed by atoms with van der Waals surface area (Å²) in [5.41, 5.74) is 5.83. The largest absolute Gasteiger partial charge is 0.399 e. The summed E-state index contributed by atoms with van der Waals surface area (Å²) >= 11 is 3.23. The van der Waals surface area contributed by atoms with Crippen molar-refractivity contribution in [2.45, 2.75) is 36.6 Å². The lowest BCUT2D eigenvalue weighted by Gasteiger charge is -2.38. The van der Waals surface area contributed by atoms with Crippen molar-refractivity contribution in [1.29, 1.82) is 0 Å². The third kappa shape index (κ3) is 2.64. The Morgan fingerprint density at radius 1 is 1.41 bits per heavy atom. The first-order valence-electron chi connectivity index (χ1n) is 5.41. The SMILES string of the molecule is CC1(NS(=O)(=O)c2ccc(N)cc2Br)CCC1. The number of halogens is 1. The molecule has 0 spiro atoms. The second-order valence-corrected chi connectivity index (χ2v) is 7.21. The van der Waals surface area contributed by atoms with Crippen LogP contribution in [-0.4, -0.2) is 14.0 Å². The number of nitrogens with two attached hydrogens (primary N) is 1. The van der Waals surface area contributed by atoms with E-state index >= 15 is 0 Å². The molecule has 1 fully saturated rings. The second kappa shape index (κ2) is 4.26. The van der Waals surface area contributed by atoms with E-state index in [4.69, 9.17) is 5.73 Å². The fourth-order valence-corrected chi connectivity index (χ4v) is 4.49. The van der Waals surface area contributed by atoms with Crippen molar-refractivity contribution in [3.05, 3.63) is 22.7 Å². The Morgan fingerprint density at radius 2 is 2.06 bits per heavy atom. The molecule has 1 aliphatic rings. The van der Waals surface area contributed by atoms with Crippen LogP contribution in [0.2, 0.25) is 0 Å². The fraction of sp³-hybridized carbons (Fsp3) is 0.455. The van der Waals surface area contributed by atoms with Crippen molar-refractivity contribution in [1.82, 2.24) is 4.72 Å². The summed E-state index contributed by atoms with van der Waals surface area (Å²) in [6.45, 7) is 1.93. The Bertz CT molecular complexity index is 538. The minimum absolute atomic E-state index is 0.236. The van der Waals surface area contributed by atoms with Crippen LogP contribution < -0.4 is 10.5 Å². The number of benzene rings is 1.